The number of nitrogens with zero attached hydrogens (tertiary/aromatic N) is 1. The number of carboxylic acids is 1. The van der Waals surface area contributed by atoms with E-state index in [1.807, 2.05) is 36.6 Å². The molecule has 224 valence electrons. The molecule has 1 aromatic rings. The summed E-state index contributed by atoms with van der Waals surface area (Å²) in [4.78, 5) is 55.0. The first-order valence-corrected chi connectivity index (χ1v) is 14.7. The molecule has 0 heterocycles. The Morgan fingerprint density at radius 1 is 0.875 bits per heavy atom. The number of carboxylic acid groups (broad SMARTS) is 1. The SMILES string of the molecule is CSCCC(N)C(=O)NC(Cc1ccccc1)C(=O)NC(CCCN=C(N)N)C(=O)NC(CCCCN)C(=O)O. The second-order valence-electron chi connectivity index (χ2n) is 9.33. The maximum Gasteiger partial charge on any atom is 0.326 e. The highest BCUT2D eigenvalue weighted by Crippen LogP contribution is 2.08. The van der Waals surface area contributed by atoms with Crippen molar-refractivity contribution in [2.75, 3.05) is 25.1 Å². The number of hydrogen-bond donors (Lipinski definition) is 8. The topological polar surface area (TPSA) is 241 Å². The van der Waals surface area contributed by atoms with Gasteiger partial charge < -0.3 is 44.0 Å². The maximum absolute atomic E-state index is 13.5. The molecule has 0 bridgehead atoms. The van der Waals surface area contributed by atoms with Crippen LogP contribution in [0.1, 0.15) is 44.1 Å². The van der Waals surface area contributed by atoms with Crippen molar-refractivity contribution in [2.45, 2.75) is 69.1 Å². The van der Waals surface area contributed by atoms with E-state index in [1.54, 1.807) is 11.8 Å². The highest BCUT2D eigenvalue weighted by molar-refractivity contribution is 7.98. The van der Waals surface area contributed by atoms with Crippen LogP contribution in [0.5, 0.6) is 0 Å². The van der Waals surface area contributed by atoms with Gasteiger partial charge in [-0.05, 0) is 62.6 Å². The minimum absolute atomic E-state index is 0.112. The first-order chi connectivity index (χ1) is 19.1. The van der Waals surface area contributed by atoms with Crippen LogP contribution in [0.15, 0.2) is 35.3 Å². The van der Waals surface area contributed by atoms with Gasteiger partial charge in [0, 0.05) is 13.0 Å². The van der Waals surface area contributed by atoms with Gasteiger partial charge >= 0.3 is 5.97 Å². The lowest BCUT2D eigenvalue weighted by molar-refractivity contribution is -0.142. The third-order valence-corrected chi connectivity index (χ3v) is 6.67. The van der Waals surface area contributed by atoms with Gasteiger partial charge in [0.2, 0.25) is 17.7 Å². The third-order valence-electron chi connectivity index (χ3n) is 6.03. The molecule has 0 saturated heterocycles. The van der Waals surface area contributed by atoms with Gasteiger partial charge in [0.05, 0.1) is 6.04 Å². The lowest BCUT2D eigenvalue weighted by Crippen LogP contribution is -2.57. The molecule has 0 aromatic heterocycles. The number of hydrogen-bond acceptors (Lipinski definition) is 8. The van der Waals surface area contributed by atoms with E-state index in [2.05, 4.69) is 20.9 Å². The molecule has 14 heteroatoms. The van der Waals surface area contributed by atoms with Gasteiger partial charge in [-0.2, -0.15) is 11.8 Å². The Morgan fingerprint density at radius 2 is 1.48 bits per heavy atom. The Kier molecular flexibility index (Phi) is 17.0. The number of nitrogens with two attached hydrogens (primary N) is 4. The number of unbranched alkanes of at least 4 members (excludes halogenated alkanes) is 1. The van der Waals surface area contributed by atoms with Gasteiger partial charge in [-0.15, -0.1) is 0 Å². The summed E-state index contributed by atoms with van der Waals surface area (Å²) in [7, 11) is 0. The van der Waals surface area contributed by atoms with Crippen molar-refractivity contribution >= 4 is 41.4 Å². The molecule has 0 aliphatic heterocycles. The van der Waals surface area contributed by atoms with E-state index < -0.39 is 47.9 Å². The molecular weight excluding hydrogens is 536 g/mol. The van der Waals surface area contributed by atoms with E-state index in [-0.39, 0.29) is 31.8 Å². The van der Waals surface area contributed by atoms with Gasteiger partial charge in [0.15, 0.2) is 5.96 Å². The summed E-state index contributed by atoms with van der Waals surface area (Å²) in [5, 5.41) is 17.5. The van der Waals surface area contributed by atoms with E-state index in [4.69, 9.17) is 22.9 Å². The van der Waals surface area contributed by atoms with E-state index in [0.717, 1.165) is 5.56 Å². The Labute approximate surface area is 239 Å². The molecule has 3 amide bonds. The summed E-state index contributed by atoms with van der Waals surface area (Å²) < 4.78 is 0. The molecule has 0 aliphatic carbocycles. The van der Waals surface area contributed by atoms with Crippen LogP contribution in [-0.4, -0.2) is 84.0 Å². The molecule has 0 saturated carbocycles. The summed E-state index contributed by atoms with van der Waals surface area (Å²) in [5.41, 5.74) is 23.1. The molecule has 0 spiro atoms. The fraction of sp³-hybridized carbons (Fsp3) is 0.577. The predicted octanol–water partition coefficient (Wildman–Crippen LogP) is -0.969. The second kappa shape index (κ2) is 19.7. The van der Waals surface area contributed by atoms with Crippen LogP contribution >= 0.6 is 11.8 Å². The number of guanidine groups is 1. The molecule has 4 unspecified atom stereocenters. The van der Waals surface area contributed by atoms with Crippen molar-refractivity contribution in [3.63, 3.8) is 0 Å². The van der Waals surface area contributed by atoms with Crippen LogP contribution in [0, 0.1) is 0 Å². The van der Waals surface area contributed by atoms with Gasteiger partial charge in [0.25, 0.3) is 0 Å². The summed E-state index contributed by atoms with van der Waals surface area (Å²) >= 11 is 1.55. The van der Waals surface area contributed by atoms with Crippen LogP contribution in [0.25, 0.3) is 0 Å². The van der Waals surface area contributed by atoms with E-state index in [1.165, 1.54) is 0 Å². The fourth-order valence-electron chi connectivity index (χ4n) is 3.78. The highest BCUT2D eigenvalue weighted by Gasteiger charge is 2.30. The summed E-state index contributed by atoms with van der Waals surface area (Å²) in [6.45, 7) is 0.606. The zero-order valence-corrected chi connectivity index (χ0v) is 23.8. The van der Waals surface area contributed by atoms with Crippen molar-refractivity contribution in [3.8, 4) is 0 Å². The molecule has 0 aliphatic rings. The second-order valence-corrected chi connectivity index (χ2v) is 10.3. The molecule has 0 radical (unpaired) electrons. The van der Waals surface area contributed by atoms with E-state index in [0.29, 0.717) is 38.0 Å². The normalized spacial score (nSPS) is 13.8. The van der Waals surface area contributed by atoms with Crippen LogP contribution in [0.2, 0.25) is 0 Å². The van der Waals surface area contributed by atoms with Gasteiger partial charge in [-0.25, -0.2) is 4.79 Å². The monoisotopic (exact) mass is 580 g/mol. The van der Waals surface area contributed by atoms with Crippen LogP contribution in [0.3, 0.4) is 0 Å². The average Bonchev–Trinajstić information content (AvgIpc) is 2.92. The lowest BCUT2D eigenvalue weighted by Gasteiger charge is -2.25. The fourth-order valence-corrected chi connectivity index (χ4v) is 4.27. The summed E-state index contributed by atoms with van der Waals surface area (Å²) in [5.74, 6) is -2.38. The molecule has 40 heavy (non-hydrogen) atoms. The molecule has 12 N–H and O–H groups in total. The van der Waals surface area contributed by atoms with Crippen LogP contribution < -0.4 is 38.9 Å². The van der Waals surface area contributed by atoms with Crippen molar-refractivity contribution in [1.82, 2.24) is 16.0 Å². The van der Waals surface area contributed by atoms with Crippen molar-refractivity contribution in [1.29, 1.82) is 0 Å². The van der Waals surface area contributed by atoms with Crippen LogP contribution in [0.4, 0.5) is 0 Å². The van der Waals surface area contributed by atoms with E-state index in [9.17, 15) is 24.3 Å². The Balaban J connectivity index is 3.11. The molecular formula is C26H44N8O5S. The number of thioether (sulfide) groups is 1. The molecule has 1 aromatic carbocycles. The first kappa shape index (κ1) is 34.7. The Hall–Kier alpha value is -3.36. The number of amides is 3. The largest absolute Gasteiger partial charge is 0.480 e. The van der Waals surface area contributed by atoms with Crippen molar-refractivity contribution < 1.29 is 24.3 Å². The highest BCUT2D eigenvalue weighted by atomic mass is 32.2. The summed E-state index contributed by atoms with van der Waals surface area (Å²) in [6.07, 6.45) is 4.26. The quantitative estimate of drug-likeness (QED) is 0.0533. The van der Waals surface area contributed by atoms with Gasteiger partial charge in [-0.1, -0.05) is 30.3 Å². The number of carbonyl (C=O) groups excluding carboxylic acids is 3. The van der Waals surface area contributed by atoms with Crippen molar-refractivity contribution in [2.24, 2.45) is 27.9 Å². The molecule has 1 rings (SSSR count). The smallest absolute Gasteiger partial charge is 0.326 e. The number of carbonyl (C=O) groups is 4. The molecule has 0 fully saturated rings. The summed E-state index contributed by atoms with van der Waals surface area (Å²) in [6, 6.07) is 5.02. The number of benzene rings is 1. The van der Waals surface area contributed by atoms with Crippen LogP contribution in [-0.2, 0) is 25.6 Å². The number of rotatable bonds is 20. The minimum Gasteiger partial charge on any atom is -0.480 e. The Bertz CT molecular complexity index is 962. The Morgan fingerprint density at radius 3 is 2.08 bits per heavy atom. The standard InChI is InChI=1S/C26H44N8O5S/c1-40-15-12-18(28)22(35)34-21(16-17-8-3-2-4-9-17)24(37)32-19(11-7-14-31-26(29)30)23(36)33-20(25(38)39)10-5-6-13-27/h2-4,8-9,18-21H,5-7,10-16,27-28H2,1H3,(H,32,37)(H,33,36)(H,34,35)(H,38,39)(H4,29,30,31). The number of nitrogens with one attached hydrogen (secondary N) is 3. The molecule has 13 nitrogen and oxygen atoms in total. The first-order valence-electron chi connectivity index (χ1n) is 13.3. The number of aliphatic carboxylic acids is 1. The minimum atomic E-state index is -1.19. The maximum atomic E-state index is 13.5. The van der Waals surface area contributed by atoms with Crippen molar-refractivity contribution in [3.05, 3.63) is 35.9 Å². The molecule has 4 atom stereocenters. The number of aliphatic imine (C=N–C) groups is 1. The zero-order valence-electron chi connectivity index (χ0n) is 23.0. The average molecular weight is 581 g/mol. The predicted molar refractivity (Wildman–Crippen MR) is 157 cm³/mol. The van der Waals surface area contributed by atoms with Gasteiger partial charge in [-0.3, -0.25) is 19.4 Å². The third kappa shape index (κ3) is 14.1. The van der Waals surface area contributed by atoms with Gasteiger partial charge in [0.1, 0.15) is 18.1 Å². The lowest BCUT2D eigenvalue weighted by atomic mass is 10.0. The zero-order chi connectivity index (χ0) is 29.9. The van der Waals surface area contributed by atoms with E-state index >= 15 is 0 Å².